The number of nitrogens with zero attached hydrogens (tertiary/aromatic N) is 1. The minimum Gasteiger partial charge on any atom is -0.508 e. The summed E-state index contributed by atoms with van der Waals surface area (Å²) in [6, 6.07) is 15.0. The molecule has 2 aliphatic heterocycles. The first-order chi connectivity index (χ1) is 16.2. The number of aromatic hydroxyl groups is 1. The number of benzene rings is 3. The zero-order chi connectivity index (χ0) is 24.1. The summed E-state index contributed by atoms with van der Waals surface area (Å²) >= 11 is 12.2. The van der Waals surface area contributed by atoms with Gasteiger partial charge in [0.25, 0.3) is 11.7 Å². The summed E-state index contributed by atoms with van der Waals surface area (Å²) in [5.74, 6) is -1.30. The molecule has 1 fully saturated rings. The molecule has 8 heteroatoms. The van der Waals surface area contributed by atoms with Gasteiger partial charge in [0.2, 0.25) is 0 Å². The molecule has 1 saturated heterocycles. The molecule has 2 N–H and O–H groups in total. The molecular weight excluding hydrogens is 477 g/mol. The van der Waals surface area contributed by atoms with Gasteiger partial charge in [0.1, 0.15) is 23.4 Å². The molecule has 0 aliphatic carbocycles. The van der Waals surface area contributed by atoms with Gasteiger partial charge in [-0.2, -0.15) is 0 Å². The molecule has 0 radical (unpaired) electrons. The number of anilines is 1. The molecule has 3 aromatic rings. The summed E-state index contributed by atoms with van der Waals surface area (Å²) in [6.07, 6.45) is 0.685. The maximum absolute atomic E-state index is 13.3. The lowest BCUT2D eigenvalue weighted by Crippen LogP contribution is -2.29. The Labute approximate surface area is 205 Å². The van der Waals surface area contributed by atoms with Crippen molar-refractivity contribution in [2.75, 3.05) is 4.90 Å². The summed E-state index contributed by atoms with van der Waals surface area (Å²) in [5, 5.41) is 21.9. The molecule has 34 heavy (non-hydrogen) atoms. The minimum absolute atomic E-state index is 0.0138. The van der Waals surface area contributed by atoms with Crippen LogP contribution < -0.4 is 9.64 Å². The van der Waals surface area contributed by atoms with Crippen molar-refractivity contribution in [3.05, 3.63) is 93.0 Å². The van der Waals surface area contributed by atoms with Crippen LogP contribution in [0.1, 0.15) is 29.7 Å². The van der Waals surface area contributed by atoms with Gasteiger partial charge in [-0.15, -0.1) is 0 Å². The molecule has 0 saturated carbocycles. The number of aliphatic hydroxyl groups excluding tert-OH is 1. The van der Waals surface area contributed by atoms with Crippen LogP contribution in [0.4, 0.5) is 5.69 Å². The Balaban J connectivity index is 1.70. The second-order valence-corrected chi connectivity index (χ2v) is 9.13. The molecule has 0 aromatic heterocycles. The fourth-order valence-electron chi connectivity index (χ4n) is 4.47. The molecule has 1 amide bonds. The maximum atomic E-state index is 13.3. The molecule has 0 spiro atoms. The van der Waals surface area contributed by atoms with Gasteiger partial charge in [-0.1, -0.05) is 35.3 Å². The fraction of sp³-hybridized carbons (Fsp3) is 0.154. The average molecular weight is 496 g/mol. The Morgan fingerprint density at radius 1 is 1.03 bits per heavy atom. The average Bonchev–Trinajstić information content (AvgIpc) is 3.31. The third-order valence-corrected chi connectivity index (χ3v) is 6.72. The predicted molar refractivity (Wildman–Crippen MR) is 130 cm³/mol. The van der Waals surface area contributed by atoms with Gasteiger partial charge in [0, 0.05) is 17.7 Å². The first-order valence-electron chi connectivity index (χ1n) is 10.6. The summed E-state index contributed by atoms with van der Waals surface area (Å²) < 4.78 is 5.73. The van der Waals surface area contributed by atoms with E-state index < -0.39 is 17.7 Å². The summed E-state index contributed by atoms with van der Waals surface area (Å²) in [6.45, 7) is 1.95. The SMILES string of the molecule is CC1Cc2cc(/C(O)=C3/C(=O)C(=O)N(c4ccc(Cl)c(Cl)c4)C3c3cccc(O)c3)ccc2O1. The molecule has 172 valence electrons. The number of carbonyl (C=O) groups excluding carboxylic acids is 2. The van der Waals surface area contributed by atoms with E-state index >= 15 is 0 Å². The van der Waals surface area contributed by atoms with Crippen molar-refractivity contribution in [3.8, 4) is 11.5 Å². The fourth-order valence-corrected chi connectivity index (χ4v) is 4.76. The molecule has 2 heterocycles. The lowest BCUT2D eigenvalue weighted by molar-refractivity contribution is -0.132. The van der Waals surface area contributed by atoms with Crippen molar-refractivity contribution in [2.45, 2.75) is 25.5 Å². The number of phenolic OH excluding ortho intramolecular Hbond substituents is 1. The largest absolute Gasteiger partial charge is 0.508 e. The van der Waals surface area contributed by atoms with Crippen molar-refractivity contribution in [3.63, 3.8) is 0 Å². The third kappa shape index (κ3) is 3.69. The minimum atomic E-state index is -0.993. The van der Waals surface area contributed by atoms with E-state index in [1.54, 1.807) is 36.4 Å². The number of ketones is 1. The zero-order valence-electron chi connectivity index (χ0n) is 18.0. The van der Waals surface area contributed by atoms with Crippen LogP contribution in [0.25, 0.3) is 5.76 Å². The van der Waals surface area contributed by atoms with E-state index in [1.807, 2.05) is 6.92 Å². The summed E-state index contributed by atoms with van der Waals surface area (Å²) in [5.41, 5.74) is 2.00. The van der Waals surface area contributed by atoms with E-state index in [-0.39, 0.29) is 28.2 Å². The lowest BCUT2D eigenvalue weighted by atomic mass is 9.94. The van der Waals surface area contributed by atoms with E-state index in [9.17, 15) is 19.8 Å². The summed E-state index contributed by atoms with van der Waals surface area (Å²) in [7, 11) is 0. The quantitative estimate of drug-likeness (QED) is 0.278. The normalized spacial score (nSPS) is 21.0. The number of halogens is 2. The van der Waals surface area contributed by atoms with Gasteiger partial charge in [-0.05, 0) is 66.6 Å². The second kappa shape index (κ2) is 8.38. The van der Waals surface area contributed by atoms with E-state index in [2.05, 4.69) is 0 Å². The number of carbonyl (C=O) groups is 2. The van der Waals surface area contributed by atoms with Gasteiger partial charge in [-0.3, -0.25) is 14.5 Å². The Morgan fingerprint density at radius 3 is 2.56 bits per heavy atom. The van der Waals surface area contributed by atoms with Gasteiger partial charge in [0.15, 0.2) is 0 Å². The van der Waals surface area contributed by atoms with Crippen LogP contribution in [0.5, 0.6) is 11.5 Å². The Kier molecular flexibility index (Phi) is 5.50. The van der Waals surface area contributed by atoms with Crippen molar-refractivity contribution < 1.29 is 24.5 Å². The van der Waals surface area contributed by atoms with Crippen molar-refractivity contribution >= 4 is 46.3 Å². The highest BCUT2D eigenvalue weighted by molar-refractivity contribution is 6.52. The number of fused-ring (bicyclic) bond motifs is 1. The molecule has 3 aromatic carbocycles. The highest BCUT2D eigenvalue weighted by atomic mass is 35.5. The van der Waals surface area contributed by atoms with Gasteiger partial charge >= 0.3 is 0 Å². The van der Waals surface area contributed by atoms with Crippen LogP contribution in [-0.2, 0) is 16.0 Å². The predicted octanol–water partition coefficient (Wildman–Crippen LogP) is 5.65. The highest BCUT2D eigenvalue weighted by Gasteiger charge is 2.47. The smallest absolute Gasteiger partial charge is 0.300 e. The van der Waals surface area contributed by atoms with Crippen molar-refractivity contribution in [2.24, 2.45) is 0 Å². The molecule has 2 aliphatic rings. The van der Waals surface area contributed by atoms with Crippen LogP contribution in [0, 0.1) is 0 Å². The Bertz CT molecular complexity index is 1380. The van der Waals surface area contributed by atoms with E-state index in [0.717, 1.165) is 11.3 Å². The molecule has 0 bridgehead atoms. The van der Waals surface area contributed by atoms with Crippen molar-refractivity contribution in [1.29, 1.82) is 0 Å². The first kappa shape index (κ1) is 22.3. The number of hydrogen-bond donors (Lipinski definition) is 2. The molecule has 5 rings (SSSR count). The lowest BCUT2D eigenvalue weighted by Gasteiger charge is -2.26. The second-order valence-electron chi connectivity index (χ2n) is 8.32. The number of phenols is 1. The van der Waals surface area contributed by atoms with E-state index in [4.69, 9.17) is 27.9 Å². The number of aliphatic hydroxyl groups is 1. The Morgan fingerprint density at radius 2 is 1.82 bits per heavy atom. The number of Topliss-reactive ketones (excluding diaryl/α,β-unsaturated/α-hetero) is 1. The number of ether oxygens (including phenoxy) is 1. The highest BCUT2D eigenvalue weighted by Crippen LogP contribution is 2.44. The van der Waals surface area contributed by atoms with E-state index in [0.29, 0.717) is 28.3 Å². The van der Waals surface area contributed by atoms with Crippen molar-refractivity contribution in [1.82, 2.24) is 0 Å². The van der Waals surface area contributed by atoms with Gasteiger partial charge in [0.05, 0.1) is 21.7 Å². The zero-order valence-corrected chi connectivity index (χ0v) is 19.5. The van der Waals surface area contributed by atoms with Gasteiger partial charge < -0.3 is 14.9 Å². The third-order valence-electron chi connectivity index (χ3n) is 5.98. The standard InChI is InChI=1S/C26H19Cl2NO5/c1-13-9-16-10-15(5-8-21(16)34-13)24(31)22-23(14-3-2-4-18(30)11-14)29(26(33)25(22)32)17-6-7-19(27)20(28)12-17/h2-8,10-13,23,30-31H,9H2,1H3/b24-22-. The monoisotopic (exact) mass is 495 g/mol. The first-order valence-corrected chi connectivity index (χ1v) is 11.3. The topological polar surface area (TPSA) is 87.1 Å². The Hall–Kier alpha value is -3.48. The molecule has 2 unspecified atom stereocenters. The van der Waals surface area contributed by atoms with Crippen LogP contribution in [-0.4, -0.2) is 28.0 Å². The molecule has 2 atom stereocenters. The van der Waals surface area contributed by atoms with Crippen LogP contribution in [0.3, 0.4) is 0 Å². The summed E-state index contributed by atoms with van der Waals surface area (Å²) in [4.78, 5) is 27.7. The number of amides is 1. The molecular formula is C26H19Cl2NO5. The van der Waals surface area contributed by atoms with Crippen LogP contribution >= 0.6 is 23.2 Å². The molecule has 6 nitrogen and oxygen atoms in total. The van der Waals surface area contributed by atoms with E-state index in [1.165, 1.54) is 29.2 Å². The maximum Gasteiger partial charge on any atom is 0.300 e. The van der Waals surface area contributed by atoms with Gasteiger partial charge in [-0.25, -0.2) is 0 Å². The number of hydrogen-bond acceptors (Lipinski definition) is 5. The van der Waals surface area contributed by atoms with Crippen LogP contribution in [0.15, 0.2) is 66.2 Å². The number of rotatable bonds is 3. The van der Waals surface area contributed by atoms with Crippen LogP contribution in [0.2, 0.25) is 10.0 Å².